The third-order valence-electron chi connectivity index (χ3n) is 3.10. The molecule has 1 heterocycles. The third kappa shape index (κ3) is 2.71. The highest BCUT2D eigenvalue weighted by molar-refractivity contribution is 7.80. The zero-order valence-corrected chi connectivity index (χ0v) is 12.0. The fraction of sp³-hybridized carbons (Fsp3) is 0.214. The van der Waals surface area contributed by atoms with E-state index in [-0.39, 0.29) is 0 Å². The summed E-state index contributed by atoms with van der Waals surface area (Å²) in [5, 5.41) is 11.5. The first-order chi connectivity index (χ1) is 9.00. The van der Waals surface area contributed by atoms with Crippen LogP contribution in [-0.2, 0) is 0 Å². The van der Waals surface area contributed by atoms with Crippen molar-refractivity contribution < 1.29 is 0 Å². The molecule has 0 saturated carbocycles. The van der Waals surface area contributed by atoms with E-state index >= 15 is 0 Å². The Bertz CT molecular complexity index is 637. The molecule has 2 aromatic rings. The van der Waals surface area contributed by atoms with Gasteiger partial charge < -0.3 is 11.1 Å². The van der Waals surface area contributed by atoms with Crippen LogP contribution >= 0.6 is 12.2 Å². The molecule has 19 heavy (non-hydrogen) atoms. The Labute approximate surface area is 118 Å². The van der Waals surface area contributed by atoms with E-state index in [2.05, 4.69) is 15.5 Å². The topological polar surface area (TPSA) is 63.8 Å². The van der Waals surface area contributed by atoms with Crippen molar-refractivity contribution in [1.29, 1.82) is 0 Å². The number of aryl methyl sites for hydroxylation is 2. The summed E-state index contributed by atoms with van der Waals surface area (Å²) in [4.78, 5) is 0.326. The van der Waals surface area contributed by atoms with Crippen molar-refractivity contribution in [3.63, 3.8) is 0 Å². The number of anilines is 2. The highest BCUT2D eigenvalue weighted by atomic mass is 32.1. The summed E-state index contributed by atoms with van der Waals surface area (Å²) < 4.78 is 0. The van der Waals surface area contributed by atoms with Gasteiger partial charge in [-0.1, -0.05) is 30.4 Å². The molecule has 0 aliphatic carbocycles. The van der Waals surface area contributed by atoms with Crippen LogP contribution in [0.15, 0.2) is 24.3 Å². The molecule has 5 heteroatoms. The fourth-order valence-electron chi connectivity index (χ4n) is 1.84. The minimum absolute atomic E-state index is 0.326. The van der Waals surface area contributed by atoms with Crippen LogP contribution in [0.1, 0.15) is 22.4 Å². The predicted octanol–water partition coefficient (Wildman–Crippen LogP) is 2.78. The third-order valence-corrected chi connectivity index (χ3v) is 3.30. The second-order valence-electron chi connectivity index (χ2n) is 4.44. The second-order valence-corrected chi connectivity index (χ2v) is 4.88. The molecule has 0 unspecified atom stereocenters. The van der Waals surface area contributed by atoms with Crippen molar-refractivity contribution in [3.8, 4) is 0 Å². The van der Waals surface area contributed by atoms with Crippen molar-refractivity contribution in [2.75, 3.05) is 5.32 Å². The van der Waals surface area contributed by atoms with E-state index in [1.165, 1.54) is 0 Å². The monoisotopic (exact) mass is 272 g/mol. The van der Waals surface area contributed by atoms with Gasteiger partial charge in [0.1, 0.15) is 4.99 Å². The molecule has 1 aromatic heterocycles. The average molecular weight is 272 g/mol. The highest BCUT2D eigenvalue weighted by Crippen LogP contribution is 2.24. The molecule has 0 radical (unpaired) electrons. The van der Waals surface area contributed by atoms with E-state index in [1.807, 2.05) is 45.0 Å². The molecule has 0 aliphatic rings. The maximum atomic E-state index is 5.80. The number of hydrogen-bond donors (Lipinski definition) is 2. The maximum Gasteiger partial charge on any atom is 0.163 e. The number of para-hydroxylation sites is 1. The minimum Gasteiger partial charge on any atom is -0.389 e. The summed E-state index contributed by atoms with van der Waals surface area (Å²) in [6.45, 7) is 5.86. The van der Waals surface area contributed by atoms with Crippen LogP contribution in [0.5, 0.6) is 0 Å². The van der Waals surface area contributed by atoms with Crippen LogP contribution in [0.3, 0.4) is 0 Å². The van der Waals surface area contributed by atoms with Gasteiger partial charge in [-0.25, -0.2) is 0 Å². The Morgan fingerprint density at radius 1 is 1.16 bits per heavy atom. The van der Waals surface area contributed by atoms with Crippen LogP contribution in [0.4, 0.5) is 11.5 Å². The fourth-order valence-corrected chi connectivity index (χ4v) is 2.09. The number of aromatic nitrogens is 2. The summed E-state index contributed by atoms with van der Waals surface area (Å²) in [5.41, 5.74) is 10.4. The number of nitrogens with two attached hydrogens (primary N) is 1. The standard InChI is InChI=1S/C14H16N4S/c1-8-6-4-5-7-11(8)16-14-12(13(15)19)9(2)10(3)17-18-14/h4-7H,1-3H3,(H2,15,19)(H,16,18). The van der Waals surface area contributed by atoms with Crippen LogP contribution in [0.2, 0.25) is 0 Å². The van der Waals surface area contributed by atoms with E-state index in [0.29, 0.717) is 10.8 Å². The van der Waals surface area contributed by atoms with Gasteiger partial charge in [0, 0.05) is 5.69 Å². The van der Waals surface area contributed by atoms with Crippen LogP contribution in [0.25, 0.3) is 0 Å². The molecule has 0 atom stereocenters. The number of benzene rings is 1. The first-order valence-corrected chi connectivity index (χ1v) is 6.38. The maximum absolute atomic E-state index is 5.80. The van der Waals surface area contributed by atoms with Gasteiger partial charge in [-0.15, -0.1) is 5.10 Å². The highest BCUT2D eigenvalue weighted by Gasteiger charge is 2.14. The molecule has 0 saturated heterocycles. The van der Waals surface area contributed by atoms with Crippen molar-refractivity contribution >= 4 is 28.7 Å². The van der Waals surface area contributed by atoms with E-state index < -0.39 is 0 Å². The Morgan fingerprint density at radius 2 is 1.84 bits per heavy atom. The average Bonchev–Trinajstić information content (AvgIpc) is 2.36. The number of nitrogens with zero attached hydrogens (tertiary/aromatic N) is 2. The molecule has 0 amide bonds. The van der Waals surface area contributed by atoms with Gasteiger partial charge in [0.15, 0.2) is 5.82 Å². The van der Waals surface area contributed by atoms with Crippen molar-refractivity contribution in [1.82, 2.24) is 10.2 Å². The lowest BCUT2D eigenvalue weighted by Crippen LogP contribution is -2.17. The molecular formula is C14H16N4S. The molecule has 98 valence electrons. The van der Waals surface area contributed by atoms with E-state index in [9.17, 15) is 0 Å². The lowest BCUT2D eigenvalue weighted by Gasteiger charge is -2.14. The van der Waals surface area contributed by atoms with Gasteiger partial charge >= 0.3 is 0 Å². The summed E-state index contributed by atoms with van der Waals surface area (Å²) in [5.74, 6) is 0.602. The molecule has 4 nitrogen and oxygen atoms in total. The molecule has 0 spiro atoms. The van der Waals surface area contributed by atoms with Crippen molar-refractivity contribution in [2.24, 2.45) is 5.73 Å². The zero-order chi connectivity index (χ0) is 14.0. The van der Waals surface area contributed by atoms with Crippen LogP contribution in [0, 0.1) is 20.8 Å². The first-order valence-electron chi connectivity index (χ1n) is 5.97. The van der Waals surface area contributed by atoms with E-state index in [0.717, 1.165) is 28.1 Å². The Morgan fingerprint density at radius 3 is 2.47 bits per heavy atom. The number of nitrogens with one attached hydrogen (secondary N) is 1. The Hall–Kier alpha value is -2.01. The lowest BCUT2D eigenvalue weighted by atomic mass is 10.1. The molecular weight excluding hydrogens is 256 g/mol. The van der Waals surface area contributed by atoms with E-state index in [1.54, 1.807) is 0 Å². The Kier molecular flexibility index (Phi) is 3.76. The van der Waals surface area contributed by atoms with Crippen LogP contribution < -0.4 is 11.1 Å². The number of rotatable bonds is 3. The van der Waals surface area contributed by atoms with Crippen LogP contribution in [-0.4, -0.2) is 15.2 Å². The van der Waals surface area contributed by atoms with Gasteiger partial charge in [-0.3, -0.25) is 0 Å². The van der Waals surface area contributed by atoms with E-state index in [4.69, 9.17) is 18.0 Å². The predicted molar refractivity (Wildman–Crippen MR) is 81.9 cm³/mol. The smallest absolute Gasteiger partial charge is 0.163 e. The van der Waals surface area contributed by atoms with Gasteiger partial charge in [0.25, 0.3) is 0 Å². The van der Waals surface area contributed by atoms with Gasteiger partial charge in [-0.05, 0) is 38.0 Å². The number of hydrogen-bond acceptors (Lipinski definition) is 4. The first kappa shape index (κ1) is 13.4. The minimum atomic E-state index is 0.326. The lowest BCUT2D eigenvalue weighted by molar-refractivity contribution is 0.963. The van der Waals surface area contributed by atoms with Crippen molar-refractivity contribution in [2.45, 2.75) is 20.8 Å². The zero-order valence-electron chi connectivity index (χ0n) is 11.2. The summed E-state index contributed by atoms with van der Waals surface area (Å²) in [6, 6.07) is 7.96. The van der Waals surface area contributed by atoms with Gasteiger partial charge in [-0.2, -0.15) is 5.10 Å². The van der Waals surface area contributed by atoms with Crippen molar-refractivity contribution in [3.05, 3.63) is 46.6 Å². The SMILES string of the molecule is Cc1ccccc1Nc1nnc(C)c(C)c1C(N)=S. The van der Waals surface area contributed by atoms with Gasteiger partial charge in [0.2, 0.25) is 0 Å². The summed E-state index contributed by atoms with van der Waals surface area (Å²) in [7, 11) is 0. The normalized spacial score (nSPS) is 10.3. The largest absolute Gasteiger partial charge is 0.389 e. The molecule has 0 aliphatic heterocycles. The molecule has 0 bridgehead atoms. The molecule has 3 N–H and O–H groups in total. The summed E-state index contributed by atoms with van der Waals surface area (Å²) in [6.07, 6.45) is 0. The molecule has 2 rings (SSSR count). The second kappa shape index (κ2) is 5.32. The number of thiocarbonyl (C=S) groups is 1. The Balaban J connectivity index is 2.49. The molecule has 0 fully saturated rings. The van der Waals surface area contributed by atoms with Gasteiger partial charge in [0.05, 0.1) is 11.3 Å². The summed E-state index contributed by atoms with van der Waals surface area (Å²) >= 11 is 5.12. The molecule has 1 aromatic carbocycles. The quantitative estimate of drug-likeness (QED) is 0.841.